The second kappa shape index (κ2) is 8.62. The zero-order valence-corrected chi connectivity index (χ0v) is 14.0. The molecule has 0 fully saturated rings. The molecule has 0 saturated carbocycles. The van der Waals surface area contributed by atoms with Gasteiger partial charge in [-0.3, -0.25) is 4.79 Å². The predicted molar refractivity (Wildman–Crippen MR) is 96.9 cm³/mol. The summed E-state index contributed by atoms with van der Waals surface area (Å²) >= 11 is 0. The Morgan fingerprint density at radius 2 is 1.83 bits per heavy atom. The van der Waals surface area contributed by atoms with E-state index >= 15 is 0 Å². The molecule has 126 valence electrons. The number of amides is 1. The second-order valence-corrected chi connectivity index (χ2v) is 5.40. The van der Waals surface area contributed by atoms with Crippen molar-refractivity contribution in [2.45, 2.75) is 6.92 Å². The summed E-state index contributed by atoms with van der Waals surface area (Å²) in [5.74, 6) is 1.35. The van der Waals surface area contributed by atoms with Gasteiger partial charge in [0, 0.05) is 17.4 Å². The Hall–Kier alpha value is -2.95. The minimum Gasteiger partial charge on any atom is -0.497 e. The van der Waals surface area contributed by atoms with Crippen LogP contribution in [0.15, 0.2) is 60.7 Å². The van der Waals surface area contributed by atoms with Gasteiger partial charge in [-0.25, -0.2) is 0 Å². The van der Waals surface area contributed by atoms with Crippen LogP contribution in [0.4, 0.5) is 11.4 Å². The molecule has 0 aliphatic rings. The Kier molecular flexibility index (Phi) is 6.25. The summed E-state index contributed by atoms with van der Waals surface area (Å²) in [6, 6.07) is 14.7. The van der Waals surface area contributed by atoms with Gasteiger partial charge in [0.15, 0.2) is 0 Å². The average molecular weight is 326 g/mol. The lowest BCUT2D eigenvalue weighted by molar-refractivity contribution is -0.114. The summed E-state index contributed by atoms with van der Waals surface area (Å²) in [5, 5.41) is 5.89. The number of hydrogen-bond donors (Lipinski definition) is 2. The molecule has 0 unspecified atom stereocenters. The molecule has 5 nitrogen and oxygen atoms in total. The highest BCUT2D eigenvalue weighted by atomic mass is 16.5. The number of anilines is 2. The first-order valence-electron chi connectivity index (χ1n) is 7.62. The maximum Gasteiger partial charge on any atom is 0.243 e. The summed E-state index contributed by atoms with van der Waals surface area (Å²) in [5.41, 5.74) is 2.49. The van der Waals surface area contributed by atoms with Crippen LogP contribution in [0.3, 0.4) is 0 Å². The fraction of sp³-hybridized carbons (Fsp3) is 0.211. The van der Waals surface area contributed by atoms with Crippen molar-refractivity contribution in [3.8, 4) is 11.5 Å². The van der Waals surface area contributed by atoms with Crippen molar-refractivity contribution in [1.82, 2.24) is 0 Å². The van der Waals surface area contributed by atoms with Crippen LogP contribution < -0.4 is 20.1 Å². The van der Waals surface area contributed by atoms with Crippen LogP contribution in [0.1, 0.15) is 6.92 Å². The minimum absolute atomic E-state index is 0.131. The lowest BCUT2D eigenvalue weighted by Gasteiger charge is -2.10. The third-order valence-corrected chi connectivity index (χ3v) is 3.15. The van der Waals surface area contributed by atoms with E-state index in [1.54, 1.807) is 31.4 Å². The van der Waals surface area contributed by atoms with Crippen LogP contribution in [0, 0.1) is 0 Å². The molecule has 24 heavy (non-hydrogen) atoms. The van der Waals surface area contributed by atoms with Gasteiger partial charge in [0.25, 0.3) is 0 Å². The van der Waals surface area contributed by atoms with Gasteiger partial charge < -0.3 is 20.1 Å². The Balaban J connectivity index is 1.84. The molecule has 2 aromatic carbocycles. The molecule has 2 rings (SSSR count). The van der Waals surface area contributed by atoms with Crippen LogP contribution in [-0.4, -0.2) is 26.2 Å². The first-order chi connectivity index (χ1) is 11.6. The SMILES string of the molecule is C=C(C)COc1cccc(NCC(=O)Nc2ccc(OC)cc2)c1. The van der Waals surface area contributed by atoms with Crippen molar-refractivity contribution in [1.29, 1.82) is 0 Å². The van der Waals surface area contributed by atoms with Crippen molar-refractivity contribution >= 4 is 17.3 Å². The third kappa shape index (κ3) is 5.68. The normalized spacial score (nSPS) is 9.92. The van der Waals surface area contributed by atoms with E-state index < -0.39 is 0 Å². The maximum atomic E-state index is 12.0. The van der Waals surface area contributed by atoms with E-state index in [9.17, 15) is 4.79 Å². The number of methoxy groups -OCH3 is 1. The Morgan fingerprint density at radius 1 is 1.08 bits per heavy atom. The number of nitrogens with one attached hydrogen (secondary N) is 2. The van der Waals surface area contributed by atoms with Crippen LogP contribution in [0.2, 0.25) is 0 Å². The number of hydrogen-bond acceptors (Lipinski definition) is 4. The molecule has 0 spiro atoms. The third-order valence-electron chi connectivity index (χ3n) is 3.15. The summed E-state index contributed by atoms with van der Waals surface area (Å²) in [4.78, 5) is 12.0. The Morgan fingerprint density at radius 3 is 2.50 bits per heavy atom. The summed E-state index contributed by atoms with van der Waals surface area (Å²) in [7, 11) is 1.60. The number of rotatable bonds is 8. The van der Waals surface area contributed by atoms with Gasteiger partial charge in [0.1, 0.15) is 18.1 Å². The molecule has 2 aromatic rings. The van der Waals surface area contributed by atoms with E-state index in [0.717, 1.165) is 28.4 Å². The fourth-order valence-electron chi connectivity index (χ4n) is 1.96. The molecule has 5 heteroatoms. The highest BCUT2D eigenvalue weighted by molar-refractivity contribution is 5.93. The molecule has 0 radical (unpaired) electrons. The van der Waals surface area contributed by atoms with Crippen LogP contribution in [0.25, 0.3) is 0 Å². The zero-order valence-electron chi connectivity index (χ0n) is 14.0. The van der Waals surface area contributed by atoms with Gasteiger partial charge >= 0.3 is 0 Å². The van der Waals surface area contributed by atoms with Gasteiger partial charge in [-0.1, -0.05) is 12.6 Å². The smallest absolute Gasteiger partial charge is 0.243 e. The van der Waals surface area contributed by atoms with E-state index in [0.29, 0.717) is 6.61 Å². The monoisotopic (exact) mass is 326 g/mol. The second-order valence-electron chi connectivity index (χ2n) is 5.40. The quantitative estimate of drug-likeness (QED) is 0.726. The average Bonchev–Trinajstić information content (AvgIpc) is 2.59. The van der Waals surface area contributed by atoms with Gasteiger partial charge in [0.2, 0.25) is 5.91 Å². The van der Waals surface area contributed by atoms with E-state index in [1.807, 2.05) is 31.2 Å². The van der Waals surface area contributed by atoms with Crippen molar-refractivity contribution in [3.05, 3.63) is 60.7 Å². The van der Waals surface area contributed by atoms with Gasteiger partial charge in [0.05, 0.1) is 13.7 Å². The standard InChI is InChI=1S/C19H22N2O3/c1-14(2)13-24-18-6-4-5-16(11-18)20-12-19(22)21-15-7-9-17(23-3)10-8-15/h4-11,20H,1,12-13H2,2-3H3,(H,21,22). The van der Waals surface area contributed by atoms with E-state index in [-0.39, 0.29) is 12.5 Å². The molecule has 0 aliphatic carbocycles. The zero-order chi connectivity index (χ0) is 17.4. The highest BCUT2D eigenvalue weighted by Crippen LogP contribution is 2.18. The number of benzene rings is 2. The molecule has 0 saturated heterocycles. The van der Waals surface area contributed by atoms with Crippen molar-refractivity contribution in [3.63, 3.8) is 0 Å². The molecule has 0 heterocycles. The van der Waals surface area contributed by atoms with Gasteiger partial charge in [-0.2, -0.15) is 0 Å². The highest BCUT2D eigenvalue weighted by Gasteiger charge is 2.03. The Labute approximate surface area is 142 Å². The largest absolute Gasteiger partial charge is 0.497 e. The Bertz CT molecular complexity index is 696. The van der Waals surface area contributed by atoms with Crippen molar-refractivity contribution in [2.24, 2.45) is 0 Å². The number of carbonyl (C=O) groups excluding carboxylic acids is 1. The first kappa shape index (κ1) is 17.4. The minimum atomic E-state index is -0.131. The summed E-state index contributed by atoms with van der Waals surface area (Å²) in [6.07, 6.45) is 0. The lowest BCUT2D eigenvalue weighted by Crippen LogP contribution is -2.21. The maximum absolute atomic E-state index is 12.0. The molecule has 0 aromatic heterocycles. The number of ether oxygens (including phenoxy) is 2. The topological polar surface area (TPSA) is 59.6 Å². The van der Waals surface area contributed by atoms with Crippen molar-refractivity contribution < 1.29 is 14.3 Å². The summed E-state index contributed by atoms with van der Waals surface area (Å²) in [6.45, 7) is 6.35. The van der Waals surface area contributed by atoms with Crippen LogP contribution >= 0.6 is 0 Å². The first-order valence-corrected chi connectivity index (χ1v) is 7.62. The molecule has 0 bridgehead atoms. The molecule has 1 amide bonds. The molecule has 0 atom stereocenters. The van der Waals surface area contributed by atoms with Gasteiger partial charge in [-0.05, 0) is 48.9 Å². The molecule has 2 N–H and O–H groups in total. The van der Waals surface area contributed by atoms with E-state index in [2.05, 4.69) is 17.2 Å². The number of carbonyl (C=O) groups is 1. The molecular weight excluding hydrogens is 304 g/mol. The van der Waals surface area contributed by atoms with Crippen molar-refractivity contribution in [2.75, 3.05) is 30.9 Å². The summed E-state index contributed by atoms with van der Waals surface area (Å²) < 4.78 is 10.7. The fourth-order valence-corrected chi connectivity index (χ4v) is 1.96. The van der Waals surface area contributed by atoms with Crippen LogP contribution in [0.5, 0.6) is 11.5 Å². The van der Waals surface area contributed by atoms with Gasteiger partial charge in [-0.15, -0.1) is 0 Å². The predicted octanol–water partition coefficient (Wildman–Crippen LogP) is 3.70. The molecule has 0 aliphatic heterocycles. The van der Waals surface area contributed by atoms with E-state index in [1.165, 1.54) is 0 Å². The lowest BCUT2D eigenvalue weighted by atomic mass is 10.3. The van der Waals surface area contributed by atoms with E-state index in [4.69, 9.17) is 9.47 Å². The molecular formula is C19H22N2O3. The van der Waals surface area contributed by atoms with Crippen LogP contribution in [-0.2, 0) is 4.79 Å².